The molecule has 2 rings (SSSR count). The summed E-state index contributed by atoms with van der Waals surface area (Å²) in [6.45, 7) is 3.92. The third kappa shape index (κ3) is 4.53. The zero-order valence-electron chi connectivity index (χ0n) is 14.0. The van der Waals surface area contributed by atoms with Crippen LogP contribution in [0.2, 0.25) is 0 Å². The Morgan fingerprint density at radius 3 is 2.60 bits per heavy atom. The second kappa shape index (κ2) is 7.46. The van der Waals surface area contributed by atoms with E-state index in [4.69, 9.17) is 5.11 Å². The summed E-state index contributed by atoms with van der Waals surface area (Å²) in [4.78, 5) is 22.7. The molecule has 2 N–H and O–H groups in total. The van der Waals surface area contributed by atoms with E-state index in [0.717, 1.165) is 6.07 Å². The predicted octanol–water partition coefficient (Wildman–Crippen LogP) is 1.12. The van der Waals surface area contributed by atoms with Crippen LogP contribution in [0.1, 0.15) is 25.3 Å². The number of sulfonamides is 1. The maximum Gasteiger partial charge on any atom is 0.317 e. The number of carboxylic acid groups (broad SMARTS) is 1. The van der Waals surface area contributed by atoms with Crippen LogP contribution in [0.5, 0.6) is 0 Å². The lowest BCUT2D eigenvalue weighted by Gasteiger charge is -2.42. The maximum atomic E-state index is 12.5. The molecule has 0 atom stereocenters. The largest absolute Gasteiger partial charge is 0.480 e. The van der Waals surface area contributed by atoms with E-state index >= 15 is 0 Å². The number of rotatable bonds is 8. The van der Waals surface area contributed by atoms with E-state index in [9.17, 15) is 23.3 Å². The van der Waals surface area contributed by atoms with Crippen LogP contribution < -0.4 is 4.72 Å². The molecule has 0 bridgehead atoms. The van der Waals surface area contributed by atoms with Gasteiger partial charge in [0.2, 0.25) is 10.0 Å². The van der Waals surface area contributed by atoms with Crippen LogP contribution in [0.4, 0.5) is 5.69 Å². The van der Waals surface area contributed by atoms with E-state index < -0.39 is 20.9 Å². The first-order valence-electron chi connectivity index (χ1n) is 7.87. The highest BCUT2D eigenvalue weighted by molar-refractivity contribution is 7.89. The van der Waals surface area contributed by atoms with E-state index in [0.29, 0.717) is 24.9 Å². The highest BCUT2D eigenvalue weighted by Crippen LogP contribution is 2.28. The fourth-order valence-electron chi connectivity index (χ4n) is 2.93. The Bertz CT molecular complexity index is 773. The number of hydrogen-bond acceptors (Lipinski definition) is 6. The van der Waals surface area contributed by atoms with Crippen LogP contribution in [0, 0.1) is 17.0 Å². The molecule has 10 heteroatoms. The van der Waals surface area contributed by atoms with Crippen LogP contribution in [-0.4, -0.2) is 54.5 Å². The fourth-order valence-corrected chi connectivity index (χ4v) is 4.46. The molecule has 0 heterocycles. The van der Waals surface area contributed by atoms with Crippen LogP contribution in [0.25, 0.3) is 0 Å². The first-order chi connectivity index (χ1) is 11.6. The third-order valence-corrected chi connectivity index (χ3v) is 6.03. The SMILES string of the molecule is CCN(CC(=O)O)C1CC(NS(=O)(=O)c2cc([N+](=O)[O-])ccc2C)C1. The van der Waals surface area contributed by atoms with E-state index in [1.54, 1.807) is 11.8 Å². The number of hydrogen-bond donors (Lipinski definition) is 2. The number of nitrogens with one attached hydrogen (secondary N) is 1. The third-order valence-electron chi connectivity index (χ3n) is 4.37. The van der Waals surface area contributed by atoms with Gasteiger partial charge in [0.1, 0.15) is 0 Å². The Morgan fingerprint density at radius 2 is 2.08 bits per heavy atom. The Labute approximate surface area is 145 Å². The van der Waals surface area contributed by atoms with E-state index in [1.165, 1.54) is 12.1 Å². The summed E-state index contributed by atoms with van der Waals surface area (Å²) in [7, 11) is -3.88. The van der Waals surface area contributed by atoms with Crippen LogP contribution >= 0.6 is 0 Å². The van der Waals surface area contributed by atoms with Gasteiger partial charge in [-0.15, -0.1) is 0 Å². The van der Waals surface area contributed by atoms with Gasteiger partial charge in [0.05, 0.1) is 16.4 Å². The minimum atomic E-state index is -3.88. The molecule has 1 saturated carbocycles. The van der Waals surface area contributed by atoms with Crippen molar-refractivity contribution < 1.29 is 23.2 Å². The van der Waals surface area contributed by atoms with Gasteiger partial charge in [-0.3, -0.25) is 19.8 Å². The van der Waals surface area contributed by atoms with Crippen molar-refractivity contribution in [1.82, 2.24) is 9.62 Å². The minimum Gasteiger partial charge on any atom is -0.480 e. The molecule has 9 nitrogen and oxygen atoms in total. The van der Waals surface area contributed by atoms with E-state index in [-0.39, 0.29) is 29.2 Å². The van der Waals surface area contributed by atoms with Gasteiger partial charge < -0.3 is 5.11 Å². The number of carbonyl (C=O) groups is 1. The van der Waals surface area contributed by atoms with Crippen molar-refractivity contribution in [3.8, 4) is 0 Å². The van der Waals surface area contributed by atoms with Crippen molar-refractivity contribution in [3.63, 3.8) is 0 Å². The van der Waals surface area contributed by atoms with Gasteiger partial charge in [-0.05, 0) is 31.9 Å². The van der Waals surface area contributed by atoms with Crippen molar-refractivity contribution in [3.05, 3.63) is 33.9 Å². The maximum absolute atomic E-state index is 12.5. The molecular weight excluding hydrogens is 350 g/mol. The molecule has 1 aliphatic rings. The van der Waals surface area contributed by atoms with Crippen LogP contribution in [-0.2, 0) is 14.8 Å². The quantitative estimate of drug-likeness (QED) is 0.517. The summed E-state index contributed by atoms with van der Waals surface area (Å²) in [6.07, 6.45) is 1.02. The van der Waals surface area contributed by atoms with Crippen molar-refractivity contribution in [2.24, 2.45) is 0 Å². The summed E-state index contributed by atoms with van der Waals surface area (Å²) >= 11 is 0. The normalized spacial score (nSPS) is 20.3. The van der Waals surface area contributed by atoms with Crippen LogP contribution in [0.3, 0.4) is 0 Å². The lowest BCUT2D eigenvalue weighted by molar-refractivity contribution is -0.385. The highest BCUT2D eigenvalue weighted by Gasteiger charge is 2.36. The van der Waals surface area contributed by atoms with Crippen molar-refractivity contribution in [2.45, 2.75) is 43.7 Å². The zero-order valence-corrected chi connectivity index (χ0v) is 14.8. The molecule has 0 aliphatic heterocycles. The highest BCUT2D eigenvalue weighted by atomic mass is 32.2. The van der Waals surface area contributed by atoms with E-state index in [2.05, 4.69) is 4.72 Å². The molecule has 1 aliphatic carbocycles. The number of aliphatic carboxylic acids is 1. The van der Waals surface area contributed by atoms with Gasteiger partial charge in [0, 0.05) is 24.2 Å². The lowest BCUT2D eigenvalue weighted by atomic mass is 9.86. The van der Waals surface area contributed by atoms with Gasteiger partial charge in [-0.25, -0.2) is 13.1 Å². The molecule has 0 unspecified atom stereocenters. The number of non-ortho nitro benzene ring substituents is 1. The summed E-state index contributed by atoms with van der Waals surface area (Å²) < 4.78 is 27.6. The zero-order chi connectivity index (χ0) is 18.8. The summed E-state index contributed by atoms with van der Waals surface area (Å²) in [5.41, 5.74) is 0.145. The number of likely N-dealkylation sites (N-methyl/N-ethyl adjacent to an activating group) is 1. The smallest absolute Gasteiger partial charge is 0.317 e. The van der Waals surface area contributed by atoms with Gasteiger partial charge >= 0.3 is 5.97 Å². The molecule has 138 valence electrons. The number of nitro groups is 1. The predicted molar refractivity (Wildman–Crippen MR) is 89.8 cm³/mol. The average Bonchev–Trinajstić information content (AvgIpc) is 2.48. The van der Waals surface area contributed by atoms with Crippen molar-refractivity contribution in [2.75, 3.05) is 13.1 Å². The van der Waals surface area contributed by atoms with Gasteiger partial charge in [-0.2, -0.15) is 0 Å². The topological polar surface area (TPSA) is 130 Å². The second-order valence-electron chi connectivity index (χ2n) is 6.11. The van der Waals surface area contributed by atoms with Gasteiger partial charge in [0.15, 0.2) is 0 Å². The molecule has 0 amide bonds. The average molecular weight is 371 g/mol. The number of carboxylic acids is 1. The molecule has 25 heavy (non-hydrogen) atoms. The minimum absolute atomic E-state index is 0.0139. The summed E-state index contributed by atoms with van der Waals surface area (Å²) in [5, 5.41) is 19.7. The van der Waals surface area contributed by atoms with Crippen molar-refractivity contribution >= 4 is 21.7 Å². The standard InChI is InChI=1S/C15H21N3O6S/c1-3-17(9-15(19)20)13-6-11(7-13)16-25(23,24)14-8-12(18(21)22)5-4-10(14)2/h4-5,8,11,13,16H,3,6-7,9H2,1-2H3,(H,19,20). The first kappa shape index (κ1) is 19.3. The second-order valence-corrected chi connectivity index (χ2v) is 7.79. The number of aryl methyl sites for hydroxylation is 1. The monoisotopic (exact) mass is 371 g/mol. The Hall–Kier alpha value is -2.04. The molecule has 0 aromatic heterocycles. The molecule has 0 spiro atoms. The fraction of sp³-hybridized carbons (Fsp3) is 0.533. The lowest BCUT2D eigenvalue weighted by Crippen LogP contribution is -2.54. The van der Waals surface area contributed by atoms with Crippen LogP contribution in [0.15, 0.2) is 23.1 Å². The Balaban J connectivity index is 2.05. The molecule has 0 radical (unpaired) electrons. The van der Waals surface area contributed by atoms with Gasteiger partial charge in [-0.1, -0.05) is 13.0 Å². The van der Waals surface area contributed by atoms with Crippen molar-refractivity contribution in [1.29, 1.82) is 0 Å². The molecule has 0 saturated heterocycles. The molecule has 1 aromatic carbocycles. The number of benzene rings is 1. The molecule has 1 fully saturated rings. The summed E-state index contributed by atoms with van der Waals surface area (Å²) in [6, 6.07) is 3.42. The Morgan fingerprint density at radius 1 is 1.44 bits per heavy atom. The molecular formula is C15H21N3O6S. The number of nitrogens with zero attached hydrogens (tertiary/aromatic N) is 2. The Kier molecular flexibility index (Phi) is 5.76. The summed E-state index contributed by atoms with van der Waals surface area (Å²) in [5.74, 6) is -0.918. The number of nitro benzene ring substituents is 1. The molecule has 1 aromatic rings. The van der Waals surface area contributed by atoms with E-state index in [1.807, 2.05) is 6.92 Å². The first-order valence-corrected chi connectivity index (χ1v) is 9.35. The van der Waals surface area contributed by atoms with Gasteiger partial charge in [0.25, 0.3) is 5.69 Å².